The number of amides is 1. The third-order valence-corrected chi connectivity index (χ3v) is 3.17. The van der Waals surface area contributed by atoms with E-state index in [0.29, 0.717) is 21.8 Å². The smallest absolute Gasteiger partial charge is 0.412 e. The summed E-state index contributed by atoms with van der Waals surface area (Å²) in [7, 11) is 0. The molecule has 5 heteroatoms. The minimum atomic E-state index is -0.612. The first-order valence-corrected chi connectivity index (χ1v) is 7.53. The molecular formula is C18H18ClNO3. The van der Waals surface area contributed by atoms with Gasteiger partial charge in [0.1, 0.15) is 5.60 Å². The first-order chi connectivity index (χ1) is 10.8. The lowest BCUT2D eigenvalue weighted by molar-refractivity contribution is 0.0636. The van der Waals surface area contributed by atoms with Gasteiger partial charge < -0.3 is 4.74 Å². The minimum absolute atomic E-state index is 0.201. The molecule has 4 nitrogen and oxygen atoms in total. The third-order valence-electron chi connectivity index (χ3n) is 2.91. The van der Waals surface area contributed by atoms with E-state index in [2.05, 4.69) is 5.32 Å². The van der Waals surface area contributed by atoms with Gasteiger partial charge in [0, 0.05) is 16.1 Å². The maximum atomic E-state index is 12.6. The van der Waals surface area contributed by atoms with Gasteiger partial charge in [-0.05, 0) is 57.2 Å². The maximum Gasteiger partial charge on any atom is 0.412 e. The Bertz CT molecular complexity index is 718. The number of halogens is 1. The summed E-state index contributed by atoms with van der Waals surface area (Å²) in [5, 5.41) is 3.18. The number of para-hydroxylation sites is 1. The minimum Gasteiger partial charge on any atom is -0.444 e. The first-order valence-electron chi connectivity index (χ1n) is 7.15. The molecule has 2 aromatic carbocycles. The highest BCUT2D eigenvalue weighted by molar-refractivity contribution is 6.30. The van der Waals surface area contributed by atoms with Crippen molar-refractivity contribution in [1.82, 2.24) is 0 Å². The van der Waals surface area contributed by atoms with E-state index in [-0.39, 0.29) is 5.78 Å². The molecule has 2 aromatic rings. The molecule has 1 amide bonds. The lowest BCUT2D eigenvalue weighted by Gasteiger charge is -2.20. The van der Waals surface area contributed by atoms with Gasteiger partial charge in [0.05, 0.1) is 5.69 Å². The van der Waals surface area contributed by atoms with Crippen LogP contribution in [0.15, 0.2) is 48.5 Å². The van der Waals surface area contributed by atoms with Crippen LogP contribution in [0.25, 0.3) is 0 Å². The number of anilines is 1. The summed E-state index contributed by atoms with van der Waals surface area (Å²) >= 11 is 5.84. The predicted octanol–water partition coefficient (Wildman–Crippen LogP) is 4.92. The van der Waals surface area contributed by atoms with Crippen molar-refractivity contribution in [3.63, 3.8) is 0 Å². The average molecular weight is 332 g/mol. The molecule has 0 heterocycles. The first kappa shape index (κ1) is 17.0. The number of carbonyl (C=O) groups excluding carboxylic acids is 2. The van der Waals surface area contributed by atoms with Crippen molar-refractivity contribution in [2.75, 3.05) is 5.32 Å². The lowest BCUT2D eigenvalue weighted by Crippen LogP contribution is -2.27. The summed E-state index contributed by atoms with van der Waals surface area (Å²) in [5.41, 5.74) is 0.675. The van der Waals surface area contributed by atoms with E-state index in [1.807, 2.05) is 0 Å². The van der Waals surface area contributed by atoms with Crippen LogP contribution in [0.4, 0.5) is 10.5 Å². The number of nitrogens with one attached hydrogen (secondary N) is 1. The van der Waals surface area contributed by atoms with Crippen molar-refractivity contribution in [3.05, 3.63) is 64.7 Å². The highest BCUT2D eigenvalue weighted by atomic mass is 35.5. The van der Waals surface area contributed by atoms with E-state index in [4.69, 9.17) is 16.3 Å². The van der Waals surface area contributed by atoms with Gasteiger partial charge in [-0.3, -0.25) is 10.1 Å². The fraction of sp³-hybridized carbons (Fsp3) is 0.222. The molecule has 0 spiro atoms. The molecule has 0 aliphatic carbocycles. The Morgan fingerprint density at radius 1 is 1.00 bits per heavy atom. The van der Waals surface area contributed by atoms with E-state index in [9.17, 15) is 9.59 Å². The molecule has 0 atom stereocenters. The lowest BCUT2D eigenvalue weighted by atomic mass is 10.0. The SMILES string of the molecule is CC(C)(C)OC(=O)Nc1ccccc1C(=O)c1ccc(Cl)cc1. The van der Waals surface area contributed by atoms with Gasteiger partial charge in [0.25, 0.3) is 0 Å². The molecule has 1 N–H and O–H groups in total. The average Bonchev–Trinajstić information content (AvgIpc) is 2.46. The van der Waals surface area contributed by atoms with Gasteiger partial charge in [-0.15, -0.1) is 0 Å². The van der Waals surface area contributed by atoms with Crippen LogP contribution in [-0.4, -0.2) is 17.5 Å². The molecule has 0 aromatic heterocycles. The number of benzene rings is 2. The molecule has 0 radical (unpaired) electrons. The van der Waals surface area contributed by atoms with E-state index in [1.165, 1.54) is 0 Å². The van der Waals surface area contributed by atoms with Gasteiger partial charge in [-0.1, -0.05) is 23.7 Å². The molecule has 0 aliphatic rings. The molecule has 120 valence electrons. The number of hydrogen-bond donors (Lipinski definition) is 1. The molecule has 0 unspecified atom stereocenters. The topological polar surface area (TPSA) is 55.4 Å². The molecule has 0 saturated heterocycles. The fourth-order valence-corrected chi connectivity index (χ4v) is 2.09. The number of rotatable bonds is 3. The zero-order valence-corrected chi connectivity index (χ0v) is 14.0. The Labute approximate surface area is 140 Å². The predicted molar refractivity (Wildman–Crippen MR) is 91.2 cm³/mol. The van der Waals surface area contributed by atoms with Crippen LogP contribution in [0.3, 0.4) is 0 Å². The highest BCUT2D eigenvalue weighted by Crippen LogP contribution is 2.21. The van der Waals surface area contributed by atoms with Crippen molar-refractivity contribution >= 4 is 29.2 Å². The molecule has 2 rings (SSSR count). The van der Waals surface area contributed by atoms with Crippen LogP contribution in [-0.2, 0) is 4.74 Å². The van der Waals surface area contributed by atoms with Crippen molar-refractivity contribution < 1.29 is 14.3 Å². The Balaban J connectivity index is 2.25. The van der Waals surface area contributed by atoms with Gasteiger partial charge in [-0.2, -0.15) is 0 Å². The summed E-state index contributed by atoms with van der Waals surface area (Å²) < 4.78 is 5.22. The van der Waals surface area contributed by atoms with Gasteiger partial charge in [-0.25, -0.2) is 4.79 Å². The van der Waals surface area contributed by atoms with Crippen LogP contribution in [0.2, 0.25) is 5.02 Å². The molecule has 0 saturated carbocycles. The van der Waals surface area contributed by atoms with Crippen molar-refractivity contribution in [2.24, 2.45) is 0 Å². The number of carbonyl (C=O) groups is 2. The maximum absolute atomic E-state index is 12.6. The fourth-order valence-electron chi connectivity index (χ4n) is 1.96. The zero-order chi connectivity index (χ0) is 17.0. The zero-order valence-electron chi connectivity index (χ0n) is 13.2. The van der Waals surface area contributed by atoms with Gasteiger partial charge >= 0.3 is 6.09 Å². The molecular weight excluding hydrogens is 314 g/mol. The molecule has 23 heavy (non-hydrogen) atoms. The van der Waals surface area contributed by atoms with Crippen LogP contribution in [0.1, 0.15) is 36.7 Å². The highest BCUT2D eigenvalue weighted by Gasteiger charge is 2.19. The van der Waals surface area contributed by atoms with Crippen molar-refractivity contribution in [1.29, 1.82) is 0 Å². The van der Waals surface area contributed by atoms with E-state index in [1.54, 1.807) is 69.3 Å². The number of ether oxygens (including phenoxy) is 1. The normalized spacial score (nSPS) is 11.0. The largest absolute Gasteiger partial charge is 0.444 e. The number of ketones is 1. The Kier molecular flexibility index (Phi) is 5.06. The summed E-state index contributed by atoms with van der Waals surface area (Å²) in [6, 6.07) is 13.4. The summed E-state index contributed by atoms with van der Waals surface area (Å²) in [6.45, 7) is 5.33. The van der Waals surface area contributed by atoms with Crippen molar-refractivity contribution in [2.45, 2.75) is 26.4 Å². The van der Waals surface area contributed by atoms with E-state index in [0.717, 1.165) is 0 Å². The quantitative estimate of drug-likeness (QED) is 0.812. The Morgan fingerprint density at radius 2 is 1.61 bits per heavy atom. The van der Waals surface area contributed by atoms with E-state index < -0.39 is 11.7 Å². The Morgan fingerprint density at radius 3 is 2.22 bits per heavy atom. The monoisotopic (exact) mass is 331 g/mol. The second-order valence-corrected chi connectivity index (χ2v) is 6.44. The van der Waals surface area contributed by atoms with E-state index >= 15 is 0 Å². The third kappa shape index (κ3) is 4.83. The second-order valence-electron chi connectivity index (χ2n) is 6.01. The summed E-state index contributed by atoms with van der Waals surface area (Å²) in [4.78, 5) is 24.5. The van der Waals surface area contributed by atoms with Gasteiger partial charge in [0.15, 0.2) is 5.78 Å². The van der Waals surface area contributed by atoms with Crippen LogP contribution >= 0.6 is 11.6 Å². The Hall–Kier alpha value is -2.33. The second kappa shape index (κ2) is 6.84. The summed E-state index contributed by atoms with van der Waals surface area (Å²) in [5.74, 6) is -0.201. The van der Waals surface area contributed by atoms with Crippen LogP contribution < -0.4 is 5.32 Å². The molecule has 0 aliphatic heterocycles. The van der Waals surface area contributed by atoms with Crippen LogP contribution in [0, 0.1) is 0 Å². The number of hydrogen-bond acceptors (Lipinski definition) is 3. The van der Waals surface area contributed by atoms with Crippen molar-refractivity contribution in [3.8, 4) is 0 Å². The standard InChI is InChI=1S/C18H18ClNO3/c1-18(2,3)23-17(22)20-15-7-5-4-6-14(15)16(21)12-8-10-13(19)11-9-12/h4-11H,1-3H3,(H,20,22). The van der Waals surface area contributed by atoms with Gasteiger partial charge in [0.2, 0.25) is 0 Å². The molecule has 0 fully saturated rings. The van der Waals surface area contributed by atoms with Crippen LogP contribution in [0.5, 0.6) is 0 Å². The molecule has 0 bridgehead atoms. The summed E-state index contributed by atoms with van der Waals surface area (Å²) in [6.07, 6.45) is -0.603.